The van der Waals surface area contributed by atoms with Crippen LogP contribution < -0.4 is 17.0 Å². The fraction of sp³-hybridized carbons (Fsp3) is 0.579. The molecule has 1 aromatic rings. The van der Waals surface area contributed by atoms with Crippen LogP contribution in [0, 0.1) is 5.41 Å². The molecule has 1 unspecified atom stereocenters. The lowest BCUT2D eigenvalue weighted by Crippen LogP contribution is -2.46. The lowest BCUT2D eigenvalue weighted by atomic mass is 9.84. The number of primary amides is 1. The average molecular weight is 354 g/mol. The highest BCUT2D eigenvalue weighted by Crippen LogP contribution is 2.22. The number of nitrogens with one attached hydrogen (secondary N) is 1. The molecule has 0 aliphatic rings. The van der Waals surface area contributed by atoms with E-state index in [2.05, 4.69) is 12.3 Å². The fourth-order valence-corrected chi connectivity index (χ4v) is 1.91. The molecule has 0 heterocycles. The Bertz CT molecular complexity index is 499. The van der Waals surface area contributed by atoms with Gasteiger partial charge < -0.3 is 10.8 Å². The maximum absolute atomic E-state index is 10.9. The van der Waals surface area contributed by atoms with Crippen LogP contribution in [0.4, 0.5) is 0 Å². The summed E-state index contributed by atoms with van der Waals surface area (Å²) in [4.78, 5) is 21.7. The number of carbonyl (C=O) groups is 2. The summed E-state index contributed by atoms with van der Waals surface area (Å²) in [6.07, 6.45) is 2.50. The van der Waals surface area contributed by atoms with Gasteiger partial charge in [0.2, 0.25) is 5.91 Å². The molecule has 1 amide bonds. The molecule has 0 radical (unpaired) electrons. The maximum atomic E-state index is 10.9. The Balaban J connectivity index is 0. The lowest BCUT2D eigenvalue weighted by molar-refractivity contribution is -0.125. The number of carbonyl (C=O) groups excluding carboxylic acids is 2. The molecule has 0 aromatic heterocycles. The first-order valence-corrected chi connectivity index (χ1v) is 8.68. The molecule has 25 heavy (non-hydrogen) atoms. The van der Waals surface area contributed by atoms with Crippen molar-refractivity contribution in [3.05, 3.63) is 29.8 Å². The highest BCUT2D eigenvalue weighted by molar-refractivity contribution is 5.81. The van der Waals surface area contributed by atoms with Gasteiger partial charge in [-0.2, -0.15) is 0 Å². The summed E-state index contributed by atoms with van der Waals surface area (Å²) >= 11 is 0. The summed E-state index contributed by atoms with van der Waals surface area (Å²) in [5, 5.41) is 9.03. The number of aromatic hydroxyl groups is 1. The smallest absolute Gasteiger partial charge is 0.236 e. The first kappa shape index (κ1) is 25.3. The van der Waals surface area contributed by atoms with Crippen LogP contribution in [0.15, 0.2) is 24.3 Å². The number of Topliss-reactive ketones (excluding diaryl/α,β-unsaturated/α-hetero) is 1. The van der Waals surface area contributed by atoms with Crippen molar-refractivity contribution in [1.29, 1.82) is 0 Å². The second-order valence-corrected chi connectivity index (χ2v) is 6.18. The van der Waals surface area contributed by atoms with Crippen molar-refractivity contribution < 1.29 is 14.7 Å². The van der Waals surface area contributed by atoms with Crippen LogP contribution in [-0.2, 0) is 16.0 Å². The van der Waals surface area contributed by atoms with Crippen LogP contribution in [-0.4, -0.2) is 22.8 Å². The normalized spacial score (nSPS) is 11.3. The zero-order valence-corrected chi connectivity index (χ0v) is 16.4. The summed E-state index contributed by atoms with van der Waals surface area (Å²) in [5.74, 6) is 5.13. The van der Waals surface area contributed by atoms with Gasteiger partial charge in [0, 0.05) is 5.41 Å². The zero-order chi connectivity index (χ0) is 20.0. The average Bonchev–Trinajstić information content (AvgIpc) is 2.56. The minimum atomic E-state index is -0.584. The molecular weight excluding hydrogens is 318 g/mol. The number of nitrogens with two attached hydrogens (primary N) is 2. The summed E-state index contributed by atoms with van der Waals surface area (Å²) in [6.45, 7) is 11.8. The van der Waals surface area contributed by atoms with Crippen LogP contribution in [0.5, 0.6) is 5.75 Å². The van der Waals surface area contributed by atoms with Crippen LogP contribution >= 0.6 is 0 Å². The number of rotatable bonds is 7. The number of benzene rings is 1. The molecule has 1 aromatic carbocycles. The van der Waals surface area contributed by atoms with Gasteiger partial charge in [0.15, 0.2) is 0 Å². The van der Waals surface area contributed by atoms with Gasteiger partial charge in [0.05, 0.1) is 0 Å². The van der Waals surface area contributed by atoms with E-state index in [1.54, 1.807) is 31.2 Å². The van der Waals surface area contributed by atoms with Gasteiger partial charge in [0.1, 0.15) is 17.6 Å². The van der Waals surface area contributed by atoms with Crippen LogP contribution in [0.3, 0.4) is 0 Å². The van der Waals surface area contributed by atoms with Crippen molar-refractivity contribution >= 4 is 11.7 Å². The minimum absolute atomic E-state index is 0.0885. The summed E-state index contributed by atoms with van der Waals surface area (Å²) in [5.41, 5.74) is 8.21. The summed E-state index contributed by atoms with van der Waals surface area (Å²) < 4.78 is 0. The second kappa shape index (κ2) is 13.4. The van der Waals surface area contributed by atoms with E-state index >= 15 is 0 Å². The first-order valence-electron chi connectivity index (χ1n) is 8.68. The number of hydrazine groups is 1. The molecule has 1 atom stereocenters. The number of ketones is 1. The zero-order valence-electron chi connectivity index (χ0n) is 16.4. The van der Waals surface area contributed by atoms with Gasteiger partial charge >= 0.3 is 0 Å². The quantitative estimate of drug-likeness (QED) is 0.444. The fourth-order valence-electron chi connectivity index (χ4n) is 1.91. The third kappa shape index (κ3) is 11.3. The molecular formula is C19H35N3O3. The van der Waals surface area contributed by atoms with Crippen LogP contribution in [0.25, 0.3) is 0 Å². The van der Waals surface area contributed by atoms with E-state index in [1.165, 1.54) is 0 Å². The molecule has 1 rings (SSSR count). The van der Waals surface area contributed by atoms with Crippen LogP contribution in [0.2, 0.25) is 0 Å². The Kier molecular flexibility index (Phi) is 13.6. The molecule has 6 nitrogen and oxygen atoms in total. The van der Waals surface area contributed by atoms with E-state index < -0.39 is 11.9 Å². The molecule has 6 heteroatoms. The SMILES string of the molecule is CC.CCCC(C)(C)C(C)=O.NNC(Cc1ccc(O)cc1)C(N)=O. The predicted octanol–water partition coefficient (Wildman–Crippen LogP) is 2.68. The Morgan fingerprint density at radius 2 is 1.68 bits per heavy atom. The van der Waals surface area contributed by atoms with Crippen molar-refractivity contribution in [2.24, 2.45) is 17.0 Å². The monoisotopic (exact) mass is 353 g/mol. The van der Waals surface area contributed by atoms with Gasteiger partial charge in [-0.05, 0) is 37.5 Å². The molecule has 0 aliphatic carbocycles. The number of amides is 1. The third-order valence-corrected chi connectivity index (χ3v) is 3.75. The van der Waals surface area contributed by atoms with Crippen molar-refractivity contribution in [1.82, 2.24) is 5.43 Å². The number of hydrogen-bond acceptors (Lipinski definition) is 5. The van der Waals surface area contributed by atoms with E-state index in [1.807, 2.05) is 27.7 Å². The highest BCUT2D eigenvalue weighted by Gasteiger charge is 2.21. The van der Waals surface area contributed by atoms with Crippen molar-refractivity contribution in [2.45, 2.75) is 66.8 Å². The van der Waals surface area contributed by atoms with Crippen molar-refractivity contribution in [3.63, 3.8) is 0 Å². The third-order valence-electron chi connectivity index (χ3n) is 3.75. The van der Waals surface area contributed by atoms with E-state index in [-0.39, 0.29) is 11.2 Å². The van der Waals surface area contributed by atoms with Gasteiger partial charge in [-0.1, -0.05) is 53.2 Å². The summed E-state index contributed by atoms with van der Waals surface area (Å²) in [7, 11) is 0. The molecule has 0 aliphatic heterocycles. The van der Waals surface area contributed by atoms with E-state index in [0.29, 0.717) is 12.2 Å². The molecule has 6 N–H and O–H groups in total. The molecule has 0 spiro atoms. The van der Waals surface area contributed by atoms with Crippen LogP contribution in [0.1, 0.15) is 59.9 Å². The number of hydrogen-bond donors (Lipinski definition) is 4. The highest BCUT2D eigenvalue weighted by atomic mass is 16.3. The van der Waals surface area contributed by atoms with Gasteiger partial charge in [-0.25, -0.2) is 5.43 Å². The standard InChI is InChI=1S/C9H13N3O2.C8H16O.C2H6/c10-9(14)8(12-11)5-6-1-3-7(13)4-2-6;1-5-6-8(3,4)7(2)9;1-2/h1-4,8,12-13H,5,11H2,(H2,10,14);5-6H2,1-4H3;1-2H3. The second-order valence-electron chi connectivity index (χ2n) is 6.18. The maximum Gasteiger partial charge on any atom is 0.236 e. The lowest BCUT2D eigenvalue weighted by Gasteiger charge is -2.19. The van der Waals surface area contributed by atoms with Gasteiger partial charge in [-0.3, -0.25) is 15.4 Å². The Morgan fingerprint density at radius 1 is 1.20 bits per heavy atom. The van der Waals surface area contributed by atoms with E-state index in [9.17, 15) is 9.59 Å². The Hall–Kier alpha value is -1.92. The topological polar surface area (TPSA) is 118 Å². The Morgan fingerprint density at radius 3 is 1.96 bits per heavy atom. The van der Waals surface area contributed by atoms with Gasteiger partial charge in [0.25, 0.3) is 0 Å². The summed E-state index contributed by atoms with van der Waals surface area (Å²) in [6, 6.07) is 5.93. The molecule has 0 fully saturated rings. The van der Waals surface area contributed by atoms with Crippen molar-refractivity contribution in [2.75, 3.05) is 0 Å². The Labute approximate surface area is 152 Å². The molecule has 0 saturated carbocycles. The largest absolute Gasteiger partial charge is 0.508 e. The van der Waals surface area contributed by atoms with Gasteiger partial charge in [-0.15, -0.1) is 0 Å². The number of phenolic OH excluding ortho intramolecular Hbond substituents is 1. The van der Waals surface area contributed by atoms with Crippen molar-refractivity contribution in [3.8, 4) is 5.75 Å². The predicted molar refractivity (Wildman–Crippen MR) is 103 cm³/mol. The minimum Gasteiger partial charge on any atom is -0.508 e. The number of phenols is 1. The van der Waals surface area contributed by atoms with E-state index in [4.69, 9.17) is 16.7 Å². The molecule has 144 valence electrons. The molecule has 0 saturated heterocycles. The first-order chi connectivity index (χ1) is 11.6. The molecule has 0 bridgehead atoms. The van der Waals surface area contributed by atoms with E-state index in [0.717, 1.165) is 18.4 Å².